The molecule has 0 fully saturated rings. The quantitative estimate of drug-likeness (QED) is 0.574. The Kier molecular flexibility index (Phi) is 8.07. The van der Waals surface area contributed by atoms with Crippen molar-refractivity contribution in [2.24, 2.45) is 11.8 Å². The number of hydrogen-bond donors (Lipinski definition) is 0. The molecule has 0 rings (SSSR count). The van der Waals surface area contributed by atoms with Gasteiger partial charge >= 0.3 is 0 Å². The van der Waals surface area contributed by atoms with E-state index in [2.05, 4.69) is 41.5 Å². The fourth-order valence-electron chi connectivity index (χ4n) is 1.25. The average Bonchev–Trinajstić information content (AvgIpc) is 2.26. The first-order valence-corrected chi connectivity index (χ1v) is 6.26. The molecule has 0 saturated carbocycles. The van der Waals surface area contributed by atoms with E-state index < -0.39 is 0 Å². The molecule has 4 atom stereocenters. The van der Waals surface area contributed by atoms with Gasteiger partial charge in [-0.1, -0.05) is 40.5 Å². The van der Waals surface area contributed by atoms with Gasteiger partial charge in [0.05, 0.1) is 12.2 Å². The van der Waals surface area contributed by atoms with E-state index >= 15 is 0 Å². The molecule has 15 heavy (non-hydrogen) atoms. The van der Waals surface area contributed by atoms with Gasteiger partial charge in [-0.2, -0.15) is 0 Å². The molecule has 0 aromatic rings. The third kappa shape index (κ3) is 6.16. The molecule has 4 unspecified atom stereocenters. The van der Waals surface area contributed by atoms with Crippen LogP contribution >= 0.6 is 0 Å². The van der Waals surface area contributed by atoms with E-state index in [1.165, 1.54) is 0 Å². The van der Waals surface area contributed by atoms with Gasteiger partial charge in [-0.25, -0.2) is 0 Å². The van der Waals surface area contributed by atoms with Crippen LogP contribution in [-0.4, -0.2) is 19.0 Å². The zero-order chi connectivity index (χ0) is 11.8. The molecule has 0 saturated heterocycles. The van der Waals surface area contributed by atoms with Crippen LogP contribution < -0.4 is 0 Å². The summed E-state index contributed by atoms with van der Waals surface area (Å²) >= 11 is 0. The van der Waals surface area contributed by atoms with Gasteiger partial charge in [0.2, 0.25) is 0 Å². The Morgan fingerprint density at radius 1 is 0.733 bits per heavy atom. The molecule has 0 bridgehead atoms. The maximum atomic E-state index is 5.64. The number of ether oxygens (including phenoxy) is 2. The van der Waals surface area contributed by atoms with Crippen molar-refractivity contribution < 1.29 is 9.47 Å². The second-order valence-corrected chi connectivity index (χ2v) is 4.63. The standard InChI is InChI=1S/C13H28O2/c1-7-10(3)12(5)14-9-15-13(6)11(4)8-2/h10-13H,7-9H2,1-6H3. The van der Waals surface area contributed by atoms with Crippen molar-refractivity contribution in [3.05, 3.63) is 0 Å². The van der Waals surface area contributed by atoms with Crippen molar-refractivity contribution in [1.82, 2.24) is 0 Å². The minimum Gasteiger partial charge on any atom is -0.352 e. The summed E-state index contributed by atoms with van der Waals surface area (Å²) in [6.07, 6.45) is 2.89. The number of hydrogen-bond acceptors (Lipinski definition) is 2. The maximum absolute atomic E-state index is 5.64. The van der Waals surface area contributed by atoms with Crippen LogP contribution in [0.3, 0.4) is 0 Å². The van der Waals surface area contributed by atoms with Crippen LogP contribution in [0.5, 0.6) is 0 Å². The Hall–Kier alpha value is -0.0800. The van der Waals surface area contributed by atoms with Crippen LogP contribution in [-0.2, 0) is 9.47 Å². The Bertz CT molecular complexity index is 131. The first-order chi connectivity index (χ1) is 7.02. The minimum atomic E-state index is 0.291. The zero-order valence-corrected chi connectivity index (χ0v) is 11.2. The van der Waals surface area contributed by atoms with Gasteiger partial charge in [-0.05, 0) is 25.7 Å². The van der Waals surface area contributed by atoms with E-state index in [4.69, 9.17) is 9.47 Å². The molecule has 0 aliphatic carbocycles. The lowest BCUT2D eigenvalue weighted by atomic mass is 10.0. The second kappa shape index (κ2) is 8.12. The summed E-state index contributed by atoms with van der Waals surface area (Å²) in [7, 11) is 0. The van der Waals surface area contributed by atoms with Gasteiger partial charge in [0.15, 0.2) is 0 Å². The molecule has 2 heteroatoms. The molecule has 0 amide bonds. The topological polar surface area (TPSA) is 18.5 Å². The lowest BCUT2D eigenvalue weighted by Gasteiger charge is -2.23. The van der Waals surface area contributed by atoms with Gasteiger partial charge < -0.3 is 9.47 Å². The predicted octanol–water partition coefficient (Wildman–Crippen LogP) is 3.85. The first-order valence-electron chi connectivity index (χ1n) is 6.26. The van der Waals surface area contributed by atoms with Gasteiger partial charge in [0, 0.05) is 0 Å². The molecular weight excluding hydrogens is 188 g/mol. The van der Waals surface area contributed by atoms with Crippen molar-refractivity contribution >= 4 is 0 Å². The third-order valence-corrected chi connectivity index (χ3v) is 3.55. The fourth-order valence-corrected chi connectivity index (χ4v) is 1.25. The highest BCUT2D eigenvalue weighted by Gasteiger charge is 2.13. The average molecular weight is 216 g/mol. The van der Waals surface area contributed by atoms with Crippen LogP contribution in [0.15, 0.2) is 0 Å². The van der Waals surface area contributed by atoms with Crippen molar-refractivity contribution in [3.63, 3.8) is 0 Å². The van der Waals surface area contributed by atoms with Crippen molar-refractivity contribution in [3.8, 4) is 0 Å². The van der Waals surface area contributed by atoms with Gasteiger partial charge in [0.25, 0.3) is 0 Å². The Morgan fingerprint density at radius 2 is 1.07 bits per heavy atom. The molecule has 0 spiro atoms. The predicted molar refractivity (Wildman–Crippen MR) is 64.9 cm³/mol. The SMILES string of the molecule is CCC(C)C(C)OCOC(C)C(C)CC. The highest BCUT2D eigenvalue weighted by Crippen LogP contribution is 2.13. The Morgan fingerprint density at radius 3 is 1.33 bits per heavy atom. The molecule has 0 N–H and O–H groups in total. The van der Waals surface area contributed by atoms with E-state index in [1.54, 1.807) is 0 Å². The van der Waals surface area contributed by atoms with Crippen LogP contribution in [0.1, 0.15) is 54.4 Å². The largest absolute Gasteiger partial charge is 0.352 e. The summed E-state index contributed by atoms with van der Waals surface area (Å²) in [5.41, 5.74) is 0. The highest BCUT2D eigenvalue weighted by atomic mass is 16.7. The maximum Gasteiger partial charge on any atom is 0.147 e. The van der Waals surface area contributed by atoms with E-state index in [0.717, 1.165) is 12.8 Å². The van der Waals surface area contributed by atoms with Crippen LogP contribution in [0.25, 0.3) is 0 Å². The fraction of sp³-hybridized carbons (Fsp3) is 1.00. The molecule has 2 nitrogen and oxygen atoms in total. The summed E-state index contributed by atoms with van der Waals surface area (Å²) in [5.74, 6) is 1.21. The van der Waals surface area contributed by atoms with Gasteiger partial charge in [-0.3, -0.25) is 0 Å². The summed E-state index contributed by atoms with van der Waals surface area (Å²) in [5, 5.41) is 0. The molecule has 0 radical (unpaired) electrons. The summed E-state index contributed by atoms with van der Waals surface area (Å²) in [6.45, 7) is 13.5. The molecule has 92 valence electrons. The molecule has 0 aliphatic heterocycles. The monoisotopic (exact) mass is 216 g/mol. The van der Waals surface area contributed by atoms with Crippen molar-refractivity contribution in [2.45, 2.75) is 66.6 Å². The normalized spacial score (nSPS) is 19.6. The molecule has 0 aromatic carbocycles. The lowest BCUT2D eigenvalue weighted by Crippen LogP contribution is -2.23. The van der Waals surface area contributed by atoms with Crippen molar-refractivity contribution in [2.75, 3.05) is 6.79 Å². The smallest absolute Gasteiger partial charge is 0.147 e. The minimum absolute atomic E-state index is 0.291. The summed E-state index contributed by atoms with van der Waals surface area (Å²) < 4.78 is 11.3. The van der Waals surface area contributed by atoms with Gasteiger partial charge in [-0.15, -0.1) is 0 Å². The molecule has 0 aromatic heterocycles. The van der Waals surface area contributed by atoms with Crippen LogP contribution in [0, 0.1) is 11.8 Å². The van der Waals surface area contributed by atoms with E-state index in [1.807, 2.05) is 0 Å². The van der Waals surface area contributed by atoms with Crippen LogP contribution in [0.4, 0.5) is 0 Å². The lowest BCUT2D eigenvalue weighted by molar-refractivity contribution is -0.131. The van der Waals surface area contributed by atoms with E-state index in [9.17, 15) is 0 Å². The van der Waals surface area contributed by atoms with Gasteiger partial charge in [0.1, 0.15) is 6.79 Å². The first kappa shape index (κ1) is 14.9. The van der Waals surface area contributed by atoms with Crippen LogP contribution in [0.2, 0.25) is 0 Å². The Labute approximate surface area is 95.3 Å². The molecular formula is C13H28O2. The van der Waals surface area contributed by atoms with E-state index in [0.29, 0.717) is 30.8 Å². The Balaban J connectivity index is 3.60. The second-order valence-electron chi connectivity index (χ2n) is 4.63. The summed E-state index contributed by atoms with van der Waals surface area (Å²) in [4.78, 5) is 0. The van der Waals surface area contributed by atoms with E-state index in [-0.39, 0.29) is 0 Å². The highest BCUT2D eigenvalue weighted by molar-refractivity contribution is 4.59. The third-order valence-electron chi connectivity index (χ3n) is 3.55. The van der Waals surface area contributed by atoms with Crippen molar-refractivity contribution in [1.29, 1.82) is 0 Å². The summed E-state index contributed by atoms with van der Waals surface area (Å²) in [6, 6.07) is 0. The molecule has 0 aliphatic rings. The number of rotatable bonds is 8. The zero-order valence-electron chi connectivity index (χ0n) is 11.2. The molecule has 0 heterocycles.